The van der Waals surface area contributed by atoms with Gasteiger partial charge in [-0.2, -0.15) is 11.8 Å². The quantitative estimate of drug-likeness (QED) is 0.768. The molecule has 3 rings (SSSR count). The lowest BCUT2D eigenvalue weighted by atomic mass is 9.81. The van der Waals surface area contributed by atoms with E-state index in [1.54, 1.807) is 6.07 Å². The first-order chi connectivity index (χ1) is 9.58. The molecule has 2 saturated heterocycles. The van der Waals surface area contributed by atoms with Gasteiger partial charge in [0.05, 0.1) is 5.60 Å². The van der Waals surface area contributed by atoms with Crippen LogP contribution in [0.15, 0.2) is 18.2 Å². The van der Waals surface area contributed by atoms with Crippen molar-refractivity contribution in [1.82, 2.24) is 0 Å². The Labute approximate surface area is 129 Å². The van der Waals surface area contributed by atoms with Crippen LogP contribution in [0.25, 0.3) is 0 Å². The molecule has 2 heterocycles. The number of hydrogen-bond acceptors (Lipinski definition) is 3. The van der Waals surface area contributed by atoms with Crippen molar-refractivity contribution < 1.29 is 9.53 Å². The van der Waals surface area contributed by atoms with Crippen LogP contribution >= 0.6 is 23.4 Å². The zero-order valence-corrected chi connectivity index (χ0v) is 13.2. The fourth-order valence-corrected chi connectivity index (χ4v) is 4.90. The van der Waals surface area contributed by atoms with E-state index in [0.29, 0.717) is 11.6 Å². The second kappa shape index (κ2) is 5.70. The van der Waals surface area contributed by atoms with Gasteiger partial charge in [0.15, 0.2) is 5.78 Å². The predicted molar refractivity (Wildman–Crippen MR) is 83.9 cm³/mol. The second-order valence-corrected chi connectivity index (χ2v) is 7.45. The monoisotopic (exact) mass is 310 g/mol. The summed E-state index contributed by atoms with van der Waals surface area (Å²) in [6.45, 7) is 2.68. The fourth-order valence-electron chi connectivity index (χ4n) is 3.23. The third kappa shape index (κ3) is 2.90. The van der Waals surface area contributed by atoms with Crippen LogP contribution in [-0.2, 0) is 4.74 Å². The first-order valence-corrected chi connectivity index (χ1v) is 8.64. The highest BCUT2D eigenvalue weighted by Gasteiger charge is 2.42. The van der Waals surface area contributed by atoms with E-state index in [0.717, 1.165) is 41.9 Å². The Morgan fingerprint density at radius 2 is 2.30 bits per heavy atom. The Hall–Kier alpha value is -0.510. The normalized spacial score (nSPS) is 29.8. The number of halogens is 1. The highest BCUT2D eigenvalue weighted by Crippen LogP contribution is 2.41. The third-order valence-electron chi connectivity index (χ3n) is 4.26. The molecule has 0 radical (unpaired) electrons. The molecule has 0 saturated carbocycles. The zero-order valence-electron chi connectivity index (χ0n) is 11.7. The van der Waals surface area contributed by atoms with Crippen LogP contribution in [0.2, 0.25) is 5.02 Å². The number of carbonyl (C=O) groups is 1. The van der Waals surface area contributed by atoms with Crippen molar-refractivity contribution in [1.29, 1.82) is 0 Å². The van der Waals surface area contributed by atoms with E-state index in [2.05, 4.69) is 0 Å². The molecule has 2 unspecified atom stereocenters. The van der Waals surface area contributed by atoms with Crippen molar-refractivity contribution >= 4 is 29.1 Å². The van der Waals surface area contributed by atoms with Gasteiger partial charge in [-0.25, -0.2) is 0 Å². The maximum Gasteiger partial charge on any atom is 0.166 e. The third-order valence-corrected chi connectivity index (χ3v) is 5.70. The fraction of sp³-hybridized carbons (Fsp3) is 0.562. The molecule has 0 aromatic heterocycles. The van der Waals surface area contributed by atoms with Gasteiger partial charge in [-0.1, -0.05) is 11.6 Å². The van der Waals surface area contributed by atoms with Crippen LogP contribution in [0, 0.1) is 12.8 Å². The summed E-state index contributed by atoms with van der Waals surface area (Å²) in [5.74, 6) is 2.50. The number of ketones is 1. The van der Waals surface area contributed by atoms with E-state index >= 15 is 0 Å². The standard InChI is InChI=1S/C16H19ClO2S/c1-11-6-13(8-14(17)7-11)15(18)12-2-4-19-16(9-12)3-5-20-10-16/h6-8,12H,2-5,9-10H2,1H3. The van der Waals surface area contributed by atoms with E-state index in [1.165, 1.54) is 0 Å². The van der Waals surface area contributed by atoms with Gasteiger partial charge < -0.3 is 4.74 Å². The van der Waals surface area contributed by atoms with Gasteiger partial charge in [-0.3, -0.25) is 4.79 Å². The molecule has 2 atom stereocenters. The topological polar surface area (TPSA) is 26.3 Å². The number of rotatable bonds is 2. The molecule has 2 nitrogen and oxygen atoms in total. The molecule has 2 fully saturated rings. The van der Waals surface area contributed by atoms with Crippen molar-refractivity contribution in [3.63, 3.8) is 0 Å². The number of aryl methyl sites for hydroxylation is 1. The molecular weight excluding hydrogens is 292 g/mol. The van der Waals surface area contributed by atoms with Crippen molar-refractivity contribution in [2.75, 3.05) is 18.1 Å². The highest BCUT2D eigenvalue weighted by molar-refractivity contribution is 7.99. The van der Waals surface area contributed by atoms with E-state index in [-0.39, 0.29) is 17.3 Å². The average Bonchev–Trinajstić information content (AvgIpc) is 2.85. The molecule has 1 aromatic rings. The molecule has 0 bridgehead atoms. The van der Waals surface area contributed by atoms with E-state index in [9.17, 15) is 4.79 Å². The first kappa shape index (κ1) is 14.4. The van der Waals surface area contributed by atoms with Crippen molar-refractivity contribution in [3.8, 4) is 0 Å². The van der Waals surface area contributed by atoms with Crippen molar-refractivity contribution in [3.05, 3.63) is 34.3 Å². The molecule has 0 amide bonds. The number of thioether (sulfide) groups is 1. The molecule has 4 heteroatoms. The minimum atomic E-state index is -0.0448. The van der Waals surface area contributed by atoms with Crippen LogP contribution in [0.3, 0.4) is 0 Å². The Morgan fingerprint density at radius 1 is 1.45 bits per heavy atom. The summed E-state index contributed by atoms with van der Waals surface area (Å²) in [5, 5.41) is 0.645. The van der Waals surface area contributed by atoms with Crippen LogP contribution in [0.5, 0.6) is 0 Å². The summed E-state index contributed by atoms with van der Waals surface area (Å²) in [4.78, 5) is 12.7. The van der Waals surface area contributed by atoms with Crippen molar-refractivity contribution in [2.45, 2.75) is 31.8 Å². The van der Waals surface area contributed by atoms with Gasteiger partial charge in [0.25, 0.3) is 0 Å². The Morgan fingerprint density at radius 3 is 3.00 bits per heavy atom. The van der Waals surface area contributed by atoms with Gasteiger partial charge in [-0.05, 0) is 55.7 Å². The highest BCUT2D eigenvalue weighted by atomic mass is 35.5. The van der Waals surface area contributed by atoms with Gasteiger partial charge in [0.1, 0.15) is 0 Å². The summed E-state index contributed by atoms with van der Waals surface area (Å²) >= 11 is 8.01. The minimum absolute atomic E-state index is 0.0448. The molecule has 2 aliphatic heterocycles. The van der Waals surface area contributed by atoms with E-state index < -0.39 is 0 Å². The van der Waals surface area contributed by atoms with Gasteiger partial charge in [-0.15, -0.1) is 0 Å². The lowest BCUT2D eigenvalue weighted by Gasteiger charge is -2.37. The average molecular weight is 311 g/mol. The van der Waals surface area contributed by atoms with E-state index in [1.807, 2.05) is 30.8 Å². The lowest BCUT2D eigenvalue weighted by Crippen LogP contribution is -2.42. The lowest BCUT2D eigenvalue weighted by molar-refractivity contribution is -0.0734. The van der Waals surface area contributed by atoms with E-state index in [4.69, 9.17) is 16.3 Å². The number of hydrogen-bond donors (Lipinski definition) is 0. The second-order valence-electron chi connectivity index (χ2n) is 5.91. The predicted octanol–water partition coefficient (Wildman–Crippen LogP) is 4.13. The summed E-state index contributed by atoms with van der Waals surface area (Å²) in [6, 6.07) is 5.62. The van der Waals surface area contributed by atoms with Crippen molar-refractivity contribution in [2.24, 2.45) is 5.92 Å². The Bertz CT molecular complexity index is 503. The van der Waals surface area contributed by atoms with Crippen LogP contribution in [-0.4, -0.2) is 29.5 Å². The van der Waals surface area contributed by atoms with Crippen LogP contribution in [0.1, 0.15) is 35.2 Å². The molecule has 2 aliphatic rings. The number of ether oxygens (including phenoxy) is 1. The Kier molecular flexibility index (Phi) is 4.11. The summed E-state index contributed by atoms with van der Waals surface area (Å²) < 4.78 is 5.99. The number of benzene rings is 1. The summed E-state index contributed by atoms with van der Waals surface area (Å²) in [6.07, 6.45) is 2.78. The SMILES string of the molecule is Cc1cc(Cl)cc(C(=O)C2CCOC3(CCSC3)C2)c1. The summed E-state index contributed by atoms with van der Waals surface area (Å²) in [5.41, 5.74) is 1.75. The maximum atomic E-state index is 12.7. The Balaban J connectivity index is 1.79. The van der Waals surface area contributed by atoms with Crippen LogP contribution in [0.4, 0.5) is 0 Å². The number of carbonyl (C=O) groups excluding carboxylic acids is 1. The van der Waals surface area contributed by atoms with Gasteiger partial charge in [0.2, 0.25) is 0 Å². The molecule has 0 aliphatic carbocycles. The zero-order chi connectivity index (χ0) is 14.2. The maximum absolute atomic E-state index is 12.7. The molecular formula is C16H19ClO2S. The minimum Gasteiger partial charge on any atom is -0.374 e. The molecule has 0 N–H and O–H groups in total. The summed E-state index contributed by atoms with van der Waals surface area (Å²) in [7, 11) is 0. The van der Waals surface area contributed by atoms with Gasteiger partial charge >= 0.3 is 0 Å². The van der Waals surface area contributed by atoms with Gasteiger partial charge in [0, 0.05) is 28.9 Å². The molecule has 1 spiro atoms. The number of Topliss-reactive ketones (excluding diaryl/α,β-unsaturated/α-hetero) is 1. The largest absolute Gasteiger partial charge is 0.374 e. The smallest absolute Gasteiger partial charge is 0.166 e. The molecule has 1 aromatic carbocycles. The molecule has 20 heavy (non-hydrogen) atoms. The molecule has 108 valence electrons. The first-order valence-electron chi connectivity index (χ1n) is 7.11. The van der Waals surface area contributed by atoms with Crippen LogP contribution < -0.4 is 0 Å².